The summed E-state index contributed by atoms with van der Waals surface area (Å²) in [6, 6.07) is 3.78. The molecule has 7 nitrogen and oxygen atoms in total. The second kappa shape index (κ2) is 8.61. The summed E-state index contributed by atoms with van der Waals surface area (Å²) in [6.07, 6.45) is -4.90. The number of hydrogen-bond donors (Lipinski definition) is 1. The van der Waals surface area contributed by atoms with Gasteiger partial charge in [-0.05, 0) is 31.2 Å². The monoisotopic (exact) mass is 407 g/mol. The van der Waals surface area contributed by atoms with Gasteiger partial charge in [0.1, 0.15) is 5.75 Å². The average Bonchev–Trinajstić information content (AvgIpc) is 2.86. The number of thioether (sulfide) groups is 1. The molecule has 1 heterocycles. The third-order valence-corrected chi connectivity index (χ3v) is 4.92. The SMILES string of the molecule is CCOC(=O)[C@H]([NH3+])CS[C@H]1CC(=O)N(c2ccc(OC(F)(F)F)cc2)C1=O. The number of hydrogen-bond acceptors (Lipinski definition) is 6. The molecule has 2 amide bonds. The van der Waals surface area contributed by atoms with Gasteiger partial charge in [0.15, 0.2) is 6.04 Å². The van der Waals surface area contributed by atoms with Crippen LogP contribution in [0.1, 0.15) is 13.3 Å². The minimum atomic E-state index is -4.83. The molecule has 0 spiro atoms. The fourth-order valence-electron chi connectivity index (χ4n) is 2.36. The molecule has 1 aromatic carbocycles. The molecule has 148 valence electrons. The van der Waals surface area contributed by atoms with E-state index in [0.29, 0.717) is 0 Å². The highest BCUT2D eigenvalue weighted by Crippen LogP contribution is 2.31. The van der Waals surface area contributed by atoms with Crippen molar-refractivity contribution in [3.63, 3.8) is 0 Å². The van der Waals surface area contributed by atoms with Crippen molar-refractivity contribution in [1.29, 1.82) is 0 Å². The van der Waals surface area contributed by atoms with Crippen molar-refractivity contribution >= 4 is 35.2 Å². The van der Waals surface area contributed by atoms with Gasteiger partial charge < -0.3 is 15.2 Å². The van der Waals surface area contributed by atoms with Crippen LogP contribution in [0, 0.1) is 0 Å². The summed E-state index contributed by atoms with van der Waals surface area (Å²) < 4.78 is 45.2. The molecule has 0 aromatic heterocycles. The van der Waals surface area contributed by atoms with E-state index in [1.165, 1.54) is 12.1 Å². The van der Waals surface area contributed by atoms with E-state index in [-0.39, 0.29) is 24.5 Å². The number of halogens is 3. The first-order valence-corrected chi connectivity index (χ1v) is 9.01. The molecule has 1 aliphatic rings. The van der Waals surface area contributed by atoms with Crippen molar-refractivity contribution in [2.75, 3.05) is 17.3 Å². The maximum atomic E-state index is 12.5. The Morgan fingerprint density at radius 1 is 1.33 bits per heavy atom. The lowest BCUT2D eigenvalue weighted by atomic mass is 10.3. The Kier molecular flexibility index (Phi) is 6.71. The van der Waals surface area contributed by atoms with Crippen LogP contribution in [-0.2, 0) is 19.1 Å². The van der Waals surface area contributed by atoms with E-state index in [4.69, 9.17) is 4.74 Å². The minimum Gasteiger partial charge on any atom is -0.462 e. The van der Waals surface area contributed by atoms with Gasteiger partial charge in [0, 0.05) is 6.42 Å². The number of benzene rings is 1. The smallest absolute Gasteiger partial charge is 0.462 e. The van der Waals surface area contributed by atoms with Crippen LogP contribution in [0.3, 0.4) is 0 Å². The highest BCUT2D eigenvalue weighted by molar-refractivity contribution is 8.00. The van der Waals surface area contributed by atoms with Crippen molar-refractivity contribution in [3.8, 4) is 5.75 Å². The van der Waals surface area contributed by atoms with Crippen molar-refractivity contribution in [3.05, 3.63) is 24.3 Å². The molecule has 2 atom stereocenters. The molecule has 0 saturated carbocycles. The van der Waals surface area contributed by atoms with Gasteiger partial charge in [0.2, 0.25) is 11.8 Å². The van der Waals surface area contributed by atoms with Crippen molar-refractivity contribution in [2.24, 2.45) is 0 Å². The molecule has 0 bridgehead atoms. The Morgan fingerprint density at radius 2 is 1.96 bits per heavy atom. The Morgan fingerprint density at radius 3 is 2.52 bits per heavy atom. The zero-order chi connectivity index (χ0) is 20.2. The maximum absolute atomic E-state index is 12.5. The summed E-state index contributed by atoms with van der Waals surface area (Å²) in [7, 11) is 0. The topological polar surface area (TPSA) is 101 Å². The van der Waals surface area contributed by atoms with Gasteiger partial charge in [-0.15, -0.1) is 24.9 Å². The number of carbonyl (C=O) groups is 3. The van der Waals surface area contributed by atoms with Crippen LogP contribution >= 0.6 is 11.8 Å². The molecule has 27 heavy (non-hydrogen) atoms. The van der Waals surface area contributed by atoms with Crippen LogP contribution in [0.5, 0.6) is 5.75 Å². The van der Waals surface area contributed by atoms with Gasteiger partial charge >= 0.3 is 12.3 Å². The lowest BCUT2D eigenvalue weighted by Crippen LogP contribution is -2.66. The van der Waals surface area contributed by atoms with E-state index in [0.717, 1.165) is 28.8 Å². The third-order valence-electron chi connectivity index (χ3n) is 3.55. The zero-order valence-corrected chi connectivity index (χ0v) is 15.1. The first-order valence-electron chi connectivity index (χ1n) is 7.96. The molecule has 1 saturated heterocycles. The summed E-state index contributed by atoms with van der Waals surface area (Å²) >= 11 is 1.12. The molecule has 0 unspecified atom stereocenters. The third kappa shape index (κ3) is 5.60. The van der Waals surface area contributed by atoms with Crippen LogP contribution in [0.4, 0.5) is 18.9 Å². The van der Waals surface area contributed by atoms with E-state index in [2.05, 4.69) is 10.5 Å². The lowest BCUT2D eigenvalue weighted by Gasteiger charge is -2.16. The van der Waals surface area contributed by atoms with Crippen molar-refractivity contribution in [1.82, 2.24) is 0 Å². The Labute approximate surface area is 157 Å². The fourth-order valence-corrected chi connectivity index (χ4v) is 3.47. The molecule has 1 aromatic rings. The fraction of sp³-hybridized carbons (Fsp3) is 0.438. The summed E-state index contributed by atoms with van der Waals surface area (Å²) in [5.74, 6) is -1.71. The number of ether oxygens (including phenoxy) is 2. The largest absolute Gasteiger partial charge is 0.573 e. The maximum Gasteiger partial charge on any atom is 0.573 e. The minimum absolute atomic E-state index is 0.0696. The standard InChI is InChI=1S/C16H17F3N2O5S/c1-2-25-15(24)11(20)8-27-12-7-13(22)21(14(12)23)9-3-5-10(6-4-9)26-16(17,18)19/h3-6,11-12H,2,7-8,20H2,1H3/p+1/t11-,12+/m1/s1. The molecule has 3 N–H and O–H groups in total. The average molecular weight is 407 g/mol. The summed E-state index contributed by atoms with van der Waals surface area (Å²) in [5, 5.41) is -0.692. The molecule has 1 aliphatic heterocycles. The van der Waals surface area contributed by atoms with Crippen molar-refractivity contribution in [2.45, 2.75) is 31.0 Å². The van der Waals surface area contributed by atoms with E-state index in [9.17, 15) is 27.6 Å². The summed E-state index contributed by atoms with van der Waals surface area (Å²) in [5.41, 5.74) is 3.82. The second-order valence-corrected chi connectivity index (χ2v) is 6.82. The van der Waals surface area contributed by atoms with E-state index in [1.54, 1.807) is 6.92 Å². The van der Waals surface area contributed by atoms with E-state index >= 15 is 0 Å². The van der Waals surface area contributed by atoms with Crippen LogP contribution < -0.4 is 15.4 Å². The number of quaternary nitrogens is 1. The Hall–Kier alpha value is -2.27. The molecule has 2 rings (SSSR count). The van der Waals surface area contributed by atoms with Gasteiger partial charge in [0.25, 0.3) is 0 Å². The molecular formula is C16H18F3N2O5S+. The first kappa shape index (κ1) is 21.0. The molecule has 0 aliphatic carbocycles. The number of alkyl halides is 3. The van der Waals surface area contributed by atoms with Crippen LogP contribution in [0.15, 0.2) is 24.3 Å². The molecule has 0 radical (unpaired) electrons. The van der Waals surface area contributed by atoms with Crippen LogP contribution in [0.2, 0.25) is 0 Å². The second-order valence-electron chi connectivity index (χ2n) is 5.58. The van der Waals surface area contributed by atoms with Gasteiger partial charge in [0.05, 0.1) is 23.3 Å². The number of carbonyl (C=O) groups excluding carboxylic acids is 3. The molecular weight excluding hydrogens is 389 g/mol. The predicted octanol–water partition coefficient (Wildman–Crippen LogP) is 1.12. The van der Waals surface area contributed by atoms with Gasteiger partial charge in [-0.1, -0.05) is 0 Å². The lowest BCUT2D eigenvalue weighted by molar-refractivity contribution is -0.401. The highest BCUT2D eigenvalue weighted by atomic mass is 32.2. The van der Waals surface area contributed by atoms with Crippen LogP contribution in [0.25, 0.3) is 0 Å². The van der Waals surface area contributed by atoms with Gasteiger partial charge in [-0.2, -0.15) is 0 Å². The van der Waals surface area contributed by atoms with Crippen molar-refractivity contribution < 1.29 is 42.8 Å². The van der Waals surface area contributed by atoms with E-state index in [1.807, 2.05) is 0 Å². The van der Waals surface area contributed by atoms with E-state index < -0.39 is 41.2 Å². The van der Waals surface area contributed by atoms with Crippen LogP contribution in [-0.4, -0.2) is 47.8 Å². The Balaban J connectivity index is 2.00. The van der Waals surface area contributed by atoms with Gasteiger partial charge in [-0.25, -0.2) is 9.69 Å². The number of nitrogens with zero attached hydrogens (tertiary/aromatic N) is 1. The molecule has 11 heteroatoms. The summed E-state index contributed by atoms with van der Waals surface area (Å²) in [6.45, 7) is 1.89. The Bertz CT molecular complexity index is 711. The first-order chi connectivity index (χ1) is 12.6. The number of amides is 2. The molecule has 1 fully saturated rings. The number of imide groups is 1. The summed E-state index contributed by atoms with van der Waals surface area (Å²) in [4.78, 5) is 37.1. The highest BCUT2D eigenvalue weighted by Gasteiger charge is 2.40. The number of anilines is 1. The van der Waals surface area contributed by atoms with Gasteiger partial charge in [-0.3, -0.25) is 9.59 Å². The number of rotatable bonds is 7. The predicted molar refractivity (Wildman–Crippen MR) is 89.8 cm³/mol. The quantitative estimate of drug-likeness (QED) is 0.537. The zero-order valence-electron chi connectivity index (χ0n) is 14.3. The normalized spacial score (nSPS) is 18.6. The number of esters is 1.